The quantitative estimate of drug-likeness (QED) is 0.524. The van der Waals surface area contributed by atoms with E-state index in [2.05, 4.69) is 30.9 Å². The molecule has 4 aliphatic rings. The highest BCUT2D eigenvalue weighted by molar-refractivity contribution is 5.81. The van der Waals surface area contributed by atoms with Gasteiger partial charge in [-0.15, -0.1) is 13.2 Å². The average molecular weight is 515 g/mol. The molecule has 3 unspecified atom stereocenters. The van der Waals surface area contributed by atoms with E-state index in [0.29, 0.717) is 35.1 Å². The van der Waals surface area contributed by atoms with Crippen molar-refractivity contribution in [1.82, 2.24) is 14.8 Å². The van der Waals surface area contributed by atoms with Gasteiger partial charge in [-0.25, -0.2) is 4.98 Å². The summed E-state index contributed by atoms with van der Waals surface area (Å²) in [7, 11) is 0. The van der Waals surface area contributed by atoms with Gasteiger partial charge in [0.1, 0.15) is 11.6 Å². The molecular weight excluding hydrogens is 481 g/mol. The Morgan fingerprint density at radius 1 is 1.08 bits per heavy atom. The highest BCUT2D eigenvalue weighted by Crippen LogP contribution is 2.40. The molecule has 2 aromatic rings. The molecule has 198 valence electrons. The minimum absolute atomic E-state index is 0.203. The van der Waals surface area contributed by atoms with Gasteiger partial charge in [0.2, 0.25) is 5.91 Å². The highest BCUT2D eigenvalue weighted by Gasteiger charge is 2.42. The van der Waals surface area contributed by atoms with Crippen molar-refractivity contribution in [1.29, 1.82) is 0 Å². The summed E-state index contributed by atoms with van der Waals surface area (Å²) in [4.78, 5) is 21.6. The van der Waals surface area contributed by atoms with Crippen LogP contribution in [0.1, 0.15) is 58.3 Å². The van der Waals surface area contributed by atoms with Crippen LogP contribution < -0.4 is 10.1 Å². The number of alkyl halides is 3. The van der Waals surface area contributed by atoms with E-state index in [-0.39, 0.29) is 17.7 Å². The molecule has 1 amide bonds. The van der Waals surface area contributed by atoms with Gasteiger partial charge in [-0.2, -0.15) is 0 Å². The van der Waals surface area contributed by atoms with Gasteiger partial charge in [0.05, 0.1) is 11.6 Å². The summed E-state index contributed by atoms with van der Waals surface area (Å²) in [6.45, 7) is 2.71. The number of piperidine rings is 2. The molecule has 4 bridgehead atoms. The maximum absolute atomic E-state index is 12.5. The first-order chi connectivity index (χ1) is 17.7. The Balaban J connectivity index is 1.10. The topological polar surface area (TPSA) is 57.7 Å². The van der Waals surface area contributed by atoms with Crippen LogP contribution in [0.15, 0.2) is 42.0 Å². The molecule has 6 nitrogen and oxygen atoms in total. The number of aromatic nitrogens is 1. The van der Waals surface area contributed by atoms with Gasteiger partial charge < -0.3 is 15.0 Å². The van der Waals surface area contributed by atoms with Crippen LogP contribution in [-0.2, 0) is 4.79 Å². The molecule has 0 spiro atoms. The first-order valence-corrected chi connectivity index (χ1v) is 13.4. The van der Waals surface area contributed by atoms with Crippen molar-refractivity contribution in [3.63, 3.8) is 0 Å². The maximum atomic E-state index is 12.5. The fraction of sp³-hybridized carbons (Fsp3) is 0.571. The van der Waals surface area contributed by atoms with Crippen LogP contribution in [0.5, 0.6) is 5.75 Å². The van der Waals surface area contributed by atoms with E-state index >= 15 is 0 Å². The maximum Gasteiger partial charge on any atom is 0.573 e. The smallest absolute Gasteiger partial charge is 0.406 e. The summed E-state index contributed by atoms with van der Waals surface area (Å²) in [6.07, 6.45) is 6.58. The van der Waals surface area contributed by atoms with Crippen molar-refractivity contribution >= 4 is 22.6 Å². The van der Waals surface area contributed by atoms with Crippen molar-refractivity contribution in [2.24, 2.45) is 0 Å². The van der Waals surface area contributed by atoms with E-state index in [4.69, 9.17) is 0 Å². The van der Waals surface area contributed by atoms with Crippen LogP contribution >= 0.6 is 0 Å². The largest absolute Gasteiger partial charge is 0.573 e. The summed E-state index contributed by atoms with van der Waals surface area (Å²) in [6, 6.07) is 9.87. The van der Waals surface area contributed by atoms with E-state index < -0.39 is 6.36 Å². The fourth-order valence-corrected chi connectivity index (χ4v) is 7.20. The van der Waals surface area contributed by atoms with Gasteiger partial charge in [0.25, 0.3) is 0 Å². The lowest BCUT2D eigenvalue weighted by molar-refractivity contribution is -0.274. The minimum Gasteiger partial charge on any atom is -0.406 e. The second kappa shape index (κ2) is 9.49. The summed E-state index contributed by atoms with van der Waals surface area (Å²) >= 11 is 0. The zero-order valence-electron chi connectivity index (χ0n) is 21.0. The predicted molar refractivity (Wildman–Crippen MR) is 135 cm³/mol. The lowest BCUT2D eigenvalue weighted by Crippen LogP contribution is -2.53. The molecule has 6 rings (SSSR count). The molecule has 1 aromatic heterocycles. The minimum atomic E-state index is -4.71. The molecule has 3 saturated heterocycles. The molecule has 37 heavy (non-hydrogen) atoms. The van der Waals surface area contributed by atoms with Gasteiger partial charge in [-0.05, 0) is 81.7 Å². The Hall–Kier alpha value is -2.81. The summed E-state index contributed by atoms with van der Waals surface area (Å²) < 4.78 is 41.6. The van der Waals surface area contributed by atoms with Gasteiger partial charge in [-0.3, -0.25) is 9.69 Å². The van der Waals surface area contributed by atoms with Gasteiger partial charge >= 0.3 is 6.36 Å². The number of rotatable bonds is 5. The number of carbonyl (C=O) groups excluding carboxylic acids is 1. The number of hydrogen-bond donors (Lipinski definition) is 1. The molecule has 1 aromatic carbocycles. The SMILES string of the molecule is CC(=O)N1C2C=C(CN3[C@@H]4CC[C@H]3CC(Nc3ccc5cc(OC(F)(F)F)ccc5n3)C4)CC1CCC2. The van der Waals surface area contributed by atoms with Gasteiger partial charge in [0, 0.05) is 43.0 Å². The number of hydrogen-bond acceptors (Lipinski definition) is 5. The number of nitrogens with zero attached hydrogens (tertiary/aromatic N) is 3. The van der Waals surface area contributed by atoms with Crippen LogP contribution in [-0.4, -0.2) is 63.8 Å². The van der Waals surface area contributed by atoms with Crippen LogP contribution in [0, 0.1) is 0 Å². The van der Waals surface area contributed by atoms with E-state index in [1.165, 1.54) is 37.0 Å². The van der Waals surface area contributed by atoms with Crippen molar-refractivity contribution in [3.05, 3.63) is 42.0 Å². The van der Waals surface area contributed by atoms with Crippen molar-refractivity contribution < 1.29 is 22.7 Å². The van der Waals surface area contributed by atoms with Gasteiger partial charge in [0.15, 0.2) is 0 Å². The number of anilines is 1. The molecule has 5 atom stereocenters. The molecule has 3 fully saturated rings. The average Bonchev–Trinajstić information content (AvgIpc) is 3.04. The van der Waals surface area contributed by atoms with Crippen LogP contribution in [0.2, 0.25) is 0 Å². The Morgan fingerprint density at radius 2 is 1.86 bits per heavy atom. The first kappa shape index (κ1) is 24.5. The number of pyridine rings is 1. The van der Waals surface area contributed by atoms with Crippen LogP contribution in [0.3, 0.4) is 0 Å². The monoisotopic (exact) mass is 514 g/mol. The van der Waals surface area contributed by atoms with E-state index in [1.807, 2.05) is 6.07 Å². The van der Waals surface area contributed by atoms with Crippen LogP contribution in [0.4, 0.5) is 19.0 Å². The first-order valence-electron chi connectivity index (χ1n) is 13.4. The number of halogens is 3. The zero-order chi connectivity index (χ0) is 25.7. The third-order valence-corrected chi connectivity index (χ3v) is 8.59. The Labute approximate surface area is 214 Å². The molecular formula is C28H33F3N4O2. The third-order valence-electron chi connectivity index (χ3n) is 8.59. The normalized spacial score (nSPS) is 29.8. The molecule has 4 aliphatic heterocycles. The number of benzene rings is 1. The lowest BCUT2D eigenvalue weighted by atomic mass is 9.84. The Bertz CT molecular complexity index is 1200. The molecule has 1 N–H and O–H groups in total. The Morgan fingerprint density at radius 3 is 2.57 bits per heavy atom. The fourth-order valence-electron chi connectivity index (χ4n) is 7.20. The third kappa shape index (κ3) is 5.15. The number of ether oxygens (including phenoxy) is 1. The number of amides is 1. The van der Waals surface area contributed by atoms with Gasteiger partial charge in [-0.1, -0.05) is 11.6 Å². The molecule has 0 saturated carbocycles. The molecule has 5 heterocycles. The summed E-state index contributed by atoms with van der Waals surface area (Å²) in [5, 5.41) is 4.20. The van der Waals surface area contributed by atoms with E-state index in [0.717, 1.165) is 44.5 Å². The number of fused-ring (bicyclic) bond motifs is 5. The summed E-state index contributed by atoms with van der Waals surface area (Å²) in [5.74, 6) is 0.716. The lowest BCUT2D eigenvalue weighted by Gasteiger charge is -2.46. The van der Waals surface area contributed by atoms with E-state index in [9.17, 15) is 18.0 Å². The highest BCUT2D eigenvalue weighted by atomic mass is 19.4. The van der Waals surface area contributed by atoms with Crippen molar-refractivity contribution in [2.45, 2.75) is 94.9 Å². The zero-order valence-corrected chi connectivity index (χ0v) is 21.0. The molecule has 0 radical (unpaired) electrons. The standard InChI is InChI=1S/C28H33F3N4O2/c1-17(36)35-23-3-2-4-24(35)12-18(11-23)16-34-21-6-7-22(34)15-20(14-21)32-27-10-5-19-13-25(37-28(29,30)31)8-9-26(19)33-27/h5,8-11,13,20-24H,2-4,6-7,12,14-16H2,1H3,(H,32,33)/t20?,21-,22+,23?,24?. The molecule has 0 aliphatic carbocycles. The predicted octanol–water partition coefficient (Wildman–Crippen LogP) is 5.64. The van der Waals surface area contributed by atoms with Crippen molar-refractivity contribution in [2.75, 3.05) is 11.9 Å². The number of nitrogens with one attached hydrogen (secondary N) is 1. The molecule has 9 heteroatoms. The second-order valence-corrected chi connectivity index (χ2v) is 11.1. The number of carbonyl (C=O) groups is 1. The van der Waals surface area contributed by atoms with E-state index in [1.54, 1.807) is 19.1 Å². The second-order valence-electron chi connectivity index (χ2n) is 11.1. The van der Waals surface area contributed by atoms with Crippen LogP contribution in [0.25, 0.3) is 10.9 Å². The van der Waals surface area contributed by atoms with Crippen molar-refractivity contribution in [3.8, 4) is 5.75 Å². The summed E-state index contributed by atoms with van der Waals surface area (Å²) in [5.41, 5.74) is 2.13. The Kier molecular flexibility index (Phi) is 6.29.